The van der Waals surface area contributed by atoms with E-state index < -0.39 is 0 Å². The maximum atomic E-state index is 4.78. The van der Waals surface area contributed by atoms with Crippen LogP contribution in [0.5, 0.6) is 0 Å². The van der Waals surface area contributed by atoms with E-state index in [2.05, 4.69) is 5.92 Å². The first-order valence-corrected chi connectivity index (χ1v) is 1.35. The molecule has 6 heavy (non-hydrogen) atoms. The molecule has 30 valence electrons. The molecular weight excluding hydrogens is 152 g/mol. The summed E-state index contributed by atoms with van der Waals surface area (Å²) in [6, 6.07) is 0. The Labute approximate surface area is 65.6 Å². The zero-order valence-corrected chi connectivity index (χ0v) is 6.87. The van der Waals surface area contributed by atoms with Crippen molar-refractivity contribution in [2.75, 3.05) is 0 Å². The van der Waals surface area contributed by atoms with E-state index in [9.17, 15) is 0 Å². The molecule has 0 spiro atoms. The van der Waals surface area contributed by atoms with Crippen molar-refractivity contribution < 1.29 is 17.0 Å². The van der Waals surface area contributed by atoms with E-state index >= 15 is 0 Å². The van der Waals surface area contributed by atoms with E-state index in [0.717, 1.165) is 6.42 Å². The van der Waals surface area contributed by atoms with Gasteiger partial charge in [-0.25, -0.2) is 0 Å². The van der Waals surface area contributed by atoms with Crippen molar-refractivity contribution in [2.45, 2.75) is 13.3 Å². The summed E-state index contributed by atoms with van der Waals surface area (Å²) in [5.41, 5.74) is 0. The fourth-order valence-electron chi connectivity index (χ4n) is 0. The maximum absolute atomic E-state index is 4.78. The third kappa shape index (κ3) is 21.3. The summed E-state index contributed by atoms with van der Waals surface area (Å²) in [4.78, 5) is 0. The molecule has 0 aromatic carbocycles. The van der Waals surface area contributed by atoms with Gasteiger partial charge >= 0.3 is 23.1 Å². The van der Waals surface area contributed by atoms with Gasteiger partial charge < -0.3 is 17.0 Å². The Hall–Kier alpha value is 0.806. The summed E-state index contributed by atoms with van der Waals surface area (Å²) in [5.74, 6) is 2.43. The van der Waals surface area contributed by atoms with E-state index in [0.29, 0.717) is 0 Å². The second-order valence-electron chi connectivity index (χ2n) is 0.558. The van der Waals surface area contributed by atoms with Crippen LogP contribution in [0.4, 0.5) is 0 Å². The summed E-state index contributed by atoms with van der Waals surface area (Å²) >= 11 is 0. The molecule has 0 saturated carbocycles. The zero-order valence-electron chi connectivity index (χ0n) is 3.87. The molecule has 0 saturated heterocycles. The topological polar surface area (TPSA) is 0 Å². The summed E-state index contributed by atoms with van der Waals surface area (Å²) < 4.78 is 0. The van der Waals surface area contributed by atoms with Crippen LogP contribution in [0.3, 0.4) is 0 Å². The predicted molar refractivity (Wildman–Crippen MR) is 24.9 cm³/mol. The SMILES string of the molecule is C#CCC.[Br-].[Mg+2]. The van der Waals surface area contributed by atoms with E-state index in [4.69, 9.17) is 6.42 Å². The quantitative estimate of drug-likeness (QED) is 0.274. The molecule has 0 N–H and O–H groups in total. The molecule has 0 amide bonds. The molecule has 0 aromatic rings. The second-order valence-corrected chi connectivity index (χ2v) is 0.558. The largest absolute Gasteiger partial charge is 2.00 e. The molecule has 0 radical (unpaired) electrons. The van der Waals surface area contributed by atoms with Crippen molar-refractivity contribution >= 4 is 23.1 Å². The van der Waals surface area contributed by atoms with Gasteiger partial charge in [0.2, 0.25) is 0 Å². The average Bonchev–Trinajstić information content (AvgIpc) is 1.37. The van der Waals surface area contributed by atoms with Crippen LogP contribution in [0.2, 0.25) is 0 Å². The minimum Gasteiger partial charge on any atom is -1.00 e. The molecule has 0 unspecified atom stereocenters. The van der Waals surface area contributed by atoms with Crippen molar-refractivity contribution in [3.05, 3.63) is 0 Å². The minimum absolute atomic E-state index is 0. The monoisotopic (exact) mass is 157 g/mol. The number of terminal acetylenes is 1. The van der Waals surface area contributed by atoms with Gasteiger partial charge in [0, 0.05) is 6.42 Å². The molecule has 0 nitrogen and oxygen atoms in total. The average molecular weight is 158 g/mol. The summed E-state index contributed by atoms with van der Waals surface area (Å²) in [6.45, 7) is 1.94. The molecule has 0 rings (SSSR count). The molecule has 0 aliphatic heterocycles. The van der Waals surface area contributed by atoms with Crippen LogP contribution in [0.1, 0.15) is 13.3 Å². The van der Waals surface area contributed by atoms with E-state index in [1.165, 1.54) is 0 Å². The van der Waals surface area contributed by atoms with Crippen LogP contribution in [0, 0.1) is 12.3 Å². The molecule has 0 heterocycles. The number of hydrogen-bond acceptors (Lipinski definition) is 0. The molecule has 0 atom stereocenters. The Morgan fingerprint density at radius 3 is 1.83 bits per heavy atom. The number of rotatable bonds is 0. The van der Waals surface area contributed by atoms with Gasteiger partial charge in [0.25, 0.3) is 0 Å². The molecular formula is C4H6BrMg+. The van der Waals surface area contributed by atoms with Crippen molar-refractivity contribution in [1.29, 1.82) is 0 Å². The zero-order chi connectivity index (χ0) is 3.41. The summed E-state index contributed by atoms with van der Waals surface area (Å²) in [5, 5.41) is 0. The van der Waals surface area contributed by atoms with E-state index in [-0.39, 0.29) is 40.0 Å². The first-order chi connectivity index (χ1) is 1.91. The Balaban J connectivity index is -0.0000000450. The standard InChI is InChI=1S/C4H6.BrH.Mg/c1-3-4-2;;/h1H,4H2,2H3;1H;/q;;+2/p-1. The fraction of sp³-hybridized carbons (Fsp3) is 0.500. The predicted octanol–water partition coefficient (Wildman–Crippen LogP) is -2.35. The molecule has 0 bridgehead atoms. The van der Waals surface area contributed by atoms with Crippen molar-refractivity contribution in [3.63, 3.8) is 0 Å². The Morgan fingerprint density at radius 1 is 1.67 bits per heavy atom. The van der Waals surface area contributed by atoms with Gasteiger partial charge in [0.1, 0.15) is 0 Å². The Bertz CT molecular complexity index is 37.3. The van der Waals surface area contributed by atoms with Gasteiger partial charge in [-0.1, -0.05) is 6.92 Å². The smallest absolute Gasteiger partial charge is 1.00 e. The van der Waals surface area contributed by atoms with Crippen molar-refractivity contribution in [1.82, 2.24) is 0 Å². The van der Waals surface area contributed by atoms with Crippen molar-refractivity contribution in [3.8, 4) is 12.3 Å². The molecule has 0 aliphatic carbocycles. The Morgan fingerprint density at radius 2 is 1.83 bits per heavy atom. The van der Waals surface area contributed by atoms with Gasteiger partial charge in [-0.2, -0.15) is 0 Å². The van der Waals surface area contributed by atoms with Gasteiger partial charge in [0.15, 0.2) is 0 Å². The summed E-state index contributed by atoms with van der Waals surface area (Å²) in [6.07, 6.45) is 5.62. The third-order valence-electron chi connectivity index (χ3n) is 0.204. The first-order valence-electron chi connectivity index (χ1n) is 1.35. The normalized spacial score (nSPS) is 3.33. The minimum atomic E-state index is 0. The van der Waals surface area contributed by atoms with Gasteiger partial charge in [0.05, 0.1) is 0 Å². The number of halogens is 1. The van der Waals surface area contributed by atoms with Crippen LogP contribution in [-0.2, 0) is 0 Å². The fourth-order valence-corrected chi connectivity index (χ4v) is 0. The maximum Gasteiger partial charge on any atom is 2.00 e. The van der Waals surface area contributed by atoms with Gasteiger partial charge in [-0.05, 0) is 0 Å². The molecule has 2 heteroatoms. The first kappa shape index (κ1) is 15.8. The van der Waals surface area contributed by atoms with Gasteiger partial charge in [-0.15, -0.1) is 12.3 Å². The van der Waals surface area contributed by atoms with Crippen LogP contribution in [0.25, 0.3) is 0 Å². The molecule has 0 aromatic heterocycles. The van der Waals surface area contributed by atoms with Gasteiger partial charge in [-0.3, -0.25) is 0 Å². The van der Waals surface area contributed by atoms with Crippen LogP contribution in [-0.4, -0.2) is 23.1 Å². The Kier molecular flexibility index (Phi) is 45.0. The van der Waals surface area contributed by atoms with E-state index in [1.54, 1.807) is 0 Å². The molecule has 0 aliphatic rings. The number of hydrogen-bond donors (Lipinski definition) is 0. The van der Waals surface area contributed by atoms with Crippen LogP contribution in [0.15, 0.2) is 0 Å². The van der Waals surface area contributed by atoms with E-state index in [1.807, 2.05) is 6.92 Å². The third-order valence-corrected chi connectivity index (χ3v) is 0.204. The van der Waals surface area contributed by atoms with Crippen LogP contribution >= 0.6 is 0 Å². The second kappa shape index (κ2) is 17.0. The van der Waals surface area contributed by atoms with Crippen molar-refractivity contribution in [2.24, 2.45) is 0 Å². The summed E-state index contributed by atoms with van der Waals surface area (Å²) in [7, 11) is 0. The molecule has 0 fully saturated rings. The van der Waals surface area contributed by atoms with Crippen LogP contribution < -0.4 is 17.0 Å².